The second kappa shape index (κ2) is 10.2. The summed E-state index contributed by atoms with van der Waals surface area (Å²) >= 11 is -2.72. The number of aromatic nitrogens is 1. The fourth-order valence-corrected chi connectivity index (χ4v) is 7.90. The number of fused-ring (bicyclic) bond motifs is 1. The van der Waals surface area contributed by atoms with Crippen LogP contribution < -0.4 is 8.70 Å². The SMILES string of the molecule is N#Cc1ccc([AsH]C(=O)c2cc3cccc([AsH]C(=O)Cc4cccc(F)c4)c3[nH]2)c(C(=O)O)c1. The van der Waals surface area contributed by atoms with E-state index in [1.807, 2.05) is 24.3 Å². The van der Waals surface area contributed by atoms with Crippen molar-refractivity contribution < 1.29 is 23.9 Å². The number of nitrogens with zero attached hydrogens (tertiary/aromatic N) is 1. The first-order valence-corrected chi connectivity index (χ1v) is 14.3. The molecule has 4 rings (SSSR count). The van der Waals surface area contributed by atoms with E-state index < -0.39 is 37.5 Å². The fourth-order valence-electron chi connectivity index (χ4n) is 3.50. The van der Waals surface area contributed by atoms with Crippen LogP contribution in [0.15, 0.2) is 66.7 Å². The molecule has 3 aromatic carbocycles. The molecule has 168 valence electrons. The summed E-state index contributed by atoms with van der Waals surface area (Å²) in [6.45, 7) is 0. The average molecular weight is 578 g/mol. The molecule has 0 spiro atoms. The zero-order valence-electron chi connectivity index (χ0n) is 17.6. The van der Waals surface area contributed by atoms with Gasteiger partial charge in [-0.3, -0.25) is 0 Å². The van der Waals surface area contributed by atoms with Crippen molar-refractivity contribution >= 4 is 66.2 Å². The zero-order chi connectivity index (χ0) is 24.2. The number of carboxylic acids is 1. The third-order valence-corrected chi connectivity index (χ3v) is 9.97. The zero-order valence-corrected chi connectivity index (χ0v) is 21.8. The van der Waals surface area contributed by atoms with Crippen molar-refractivity contribution in [1.29, 1.82) is 5.26 Å². The monoisotopic (exact) mass is 578 g/mol. The standard InChI is InChI=1S/C25H17As2FN2O4/c28-17-5-1-3-14(9-17)11-22(31)26-20-6-2-4-16-12-21(30-23(16)20)24(32)27-19-8-7-15(13-29)10-18(19)25(33)34/h1-10,12,26-27,30H,11H2,(H,33,34). The molecule has 4 aromatic rings. The molecule has 1 aromatic heterocycles. The Bertz CT molecular complexity index is 1490. The Morgan fingerprint density at radius 3 is 2.50 bits per heavy atom. The number of carbonyl (C=O) groups is 3. The maximum absolute atomic E-state index is 13.4. The van der Waals surface area contributed by atoms with E-state index in [-0.39, 0.29) is 32.5 Å². The number of rotatable bonds is 8. The number of aromatic amines is 1. The van der Waals surface area contributed by atoms with Crippen molar-refractivity contribution in [1.82, 2.24) is 4.98 Å². The van der Waals surface area contributed by atoms with Gasteiger partial charge < -0.3 is 0 Å². The molecular formula is C25H17As2FN2O4. The topological polar surface area (TPSA) is 111 Å². The Kier molecular flexibility index (Phi) is 7.12. The van der Waals surface area contributed by atoms with Crippen molar-refractivity contribution in [2.24, 2.45) is 0 Å². The number of hydrogen-bond acceptors (Lipinski definition) is 4. The Hall–Kier alpha value is -3.45. The molecule has 2 atom stereocenters. The van der Waals surface area contributed by atoms with E-state index in [2.05, 4.69) is 4.98 Å². The van der Waals surface area contributed by atoms with Crippen LogP contribution >= 0.6 is 0 Å². The third-order valence-electron chi connectivity index (χ3n) is 5.06. The molecule has 1 heterocycles. The molecule has 0 radical (unpaired) electrons. The van der Waals surface area contributed by atoms with Crippen molar-refractivity contribution in [2.45, 2.75) is 6.42 Å². The van der Waals surface area contributed by atoms with E-state index >= 15 is 0 Å². The summed E-state index contributed by atoms with van der Waals surface area (Å²) in [4.78, 5) is 40.4. The van der Waals surface area contributed by atoms with Gasteiger partial charge in [0.15, 0.2) is 0 Å². The van der Waals surface area contributed by atoms with Gasteiger partial charge >= 0.3 is 208 Å². The summed E-state index contributed by atoms with van der Waals surface area (Å²) in [5, 5.41) is 19.3. The Morgan fingerprint density at radius 2 is 1.76 bits per heavy atom. The van der Waals surface area contributed by atoms with Crippen molar-refractivity contribution in [3.05, 3.63) is 94.9 Å². The molecule has 9 heteroatoms. The van der Waals surface area contributed by atoms with Gasteiger partial charge in [-0.1, -0.05) is 0 Å². The second-order valence-electron chi connectivity index (χ2n) is 7.44. The number of H-pyrrole nitrogens is 1. The normalized spacial score (nSPS) is 11.4. The quantitative estimate of drug-likeness (QED) is 0.309. The summed E-state index contributed by atoms with van der Waals surface area (Å²) in [5.41, 5.74) is 1.92. The van der Waals surface area contributed by atoms with Crippen LogP contribution in [0.1, 0.15) is 32.0 Å². The molecule has 2 unspecified atom stereocenters. The van der Waals surface area contributed by atoms with Crippen LogP contribution in [-0.4, -0.2) is 56.7 Å². The van der Waals surface area contributed by atoms with E-state index in [1.54, 1.807) is 18.2 Å². The summed E-state index contributed by atoms with van der Waals surface area (Å²) in [7, 11) is 0. The minimum absolute atomic E-state index is 0.0289. The van der Waals surface area contributed by atoms with Gasteiger partial charge in [-0.25, -0.2) is 0 Å². The van der Waals surface area contributed by atoms with E-state index in [4.69, 9.17) is 5.26 Å². The molecule has 0 aliphatic heterocycles. The van der Waals surface area contributed by atoms with Gasteiger partial charge in [0, 0.05) is 0 Å². The Morgan fingerprint density at radius 1 is 0.971 bits per heavy atom. The first-order chi connectivity index (χ1) is 16.3. The molecule has 0 fully saturated rings. The summed E-state index contributed by atoms with van der Waals surface area (Å²) in [6, 6.07) is 19.5. The molecule has 0 saturated heterocycles. The van der Waals surface area contributed by atoms with Crippen LogP contribution in [0.25, 0.3) is 10.9 Å². The van der Waals surface area contributed by atoms with E-state index in [0.29, 0.717) is 15.6 Å². The fraction of sp³-hybridized carbons (Fsp3) is 0.0400. The van der Waals surface area contributed by atoms with Crippen LogP contribution in [0, 0.1) is 17.1 Å². The minimum atomic E-state index is -1.51. The third kappa shape index (κ3) is 5.36. The number of nitrogens with one attached hydrogen (secondary N) is 1. The van der Waals surface area contributed by atoms with Crippen molar-refractivity contribution in [2.75, 3.05) is 0 Å². The van der Waals surface area contributed by atoms with Crippen molar-refractivity contribution in [3.8, 4) is 6.07 Å². The van der Waals surface area contributed by atoms with Gasteiger partial charge in [0.2, 0.25) is 0 Å². The van der Waals surface area contributed by atoms with Gasteiger partial charge in [0.1, 0.15) is 0 Å². The Labute approximate surface area is 207 Å². The van der Waals surface area contributed by atoms with Gasteiger partial charge in [-0.15, -0.1) is 0 Å². The number of benzene rings is 3. The number of nitriles is 1. The molecule has 0 saturated carbocycles. The number of para-hydroxylation sites is 1. The second-order valence-corrected chi connectivity index (χ2v) is 12.9. The summed E-state index contributed by atoms with van der Waals surface area (Å²) < 4.78 is 14.6. The molecule has 2 N–H and O–H groups in total. The Balaban J connectivity index is 1.56. The van der Waals surface area contributed by atoms with Gasteiger partial charge in [0.05, 0.1) is 0 Å². The van der Waals surface area contributed by atoms with Crippen LogP contribution in [0.2, 0.25) is 0 Å². The van der Waals surface area contributed by atoms with Crippen LogP contribution in [-0.2, 0) is 11.2 Å². The van der Waals surface area contributed by atoms with E-state index in [1.165, 1.54) is 30.3 Å². The number of carbonyl (C=O) groups excluding carboxylic acids is 2. The van der Waals surface area contributed by atoms with E-state index in [0.717, 1.165) is 15.3 Å². The molecule has 0 aliphatic rings. The first-order valence-electron chi connectivity index (χ1n) is 10.1. The number of carboxylic acid groups (broad SMARTS) is 1. The number of aromatic carboxylic acids is 1. The van der Waals surface area contributed by atoms with Gasteiger partial charge in [0.25, 0.3) is 0 Å². The first kappa shape index (κ1) is 23.7. The molecule has 6 nitrogen and oxygen atoms in total. The summed E-state index contributed by atoms with van der Waals surface area (Å²) in [6.07, 6.45) is 0.156. The molecule has 34 heavy (non-hydrogen) atoms. The molecule has 0 bridgehead atoms. The number of halogens is 1. The number of hydrogen-bond donors (Lipinski definition) is 2. The van der Waals surface area contributed by atoms with Gasteiger partial charge in [-0.05, 0) is 0 Å². The van der Waals surface area contributed by atoms with Gasteiger partial charge in [-0.2, -0.15) is 0 Å². The predicted octanol–water partition coefficient (Wildman–Crippen LogP) is 1.61. The molecule has 0 aliphatic carbocycles. The summed E-state index contributed by atoms with van der Waals surface area (Å²) in [5.74, 6) is -1.55. The van der Waals surface area contributed by atoms with Crippen LogP contribution in [0.3, 0.4) is 0 Å². The molecule has 0 amide bonds. The van der Waals surface area contributed by atoms with E-state index in [9.17, 15) is 23.9 Å². The van der Waals surface area contributed by atoms with Crippen LogP contribution in [0.5, 0.6) is 0 Å². The van der Waals surface area contributed by atoms with Crippen molar-refractivity contribution in [3.63, 3.8) is 0 Å². The van der Waals surface area contributed by atoms with Crippen LogP contribution in [0.4, 0.5) is 4.39 Å². The average Bonchev–Trinajstić information content (AvgIpc) is 3.25. The maximum atomic E-state index is 13.4. The molecular weight excluding hydrogens is 561 g/mol. The predicted molar refractivity (Wildman–Crippen MR) is 129 cm³/mol.